The summed E-state index contributed by atoms with van der Waals surface area (Å²) < 4.78 is 0. The standard InChI is InChI=1S/C26H28ClN5O3.ClH/c1-17-4-9-23(28-16-17)29-26(35)21-14-19(27)15-22(33)24(21)30-25(34)18-5-7-20(8-6-18)32-11-3-10-31(2)12-13-32;/h4-9,14-16,33H,3,10-13H2,1-2H3,(H,30,34)(H,28,29,35);1H. The molecule has 36 heavy (non-hydrogen) atoms. The second kappa shape index (κ2) is 12.1. The van der Waals surface area contributed by atoms with Crippen LogP contribution in [0.15, 0.2) is 54.7 Å². The van der Waals surface area contributed by atoms with Gasteiger partial charge in [0.25, 0.3) is 11.8 Å². The van der Waals surface area contributed by atoms with Crippen LogP contribution in [0, 0.1) is 6.92 Å². The highest BCUT2D eigenvalue weighted by Crippen LogP contribution is 2.32. The predicted octanol–water partition coefficient (Wildman–Crippen LogP) is 4.82. The summed E-state index contributed by atoms with van der Waals surface area (Å²) in [5.74, 6) is -0.978. The molecule has 190 valence electrons. The molecule has 0 atom stereocenters. The third-order valence-electron chi connectivity index (χ3n) is 5.93. The van der Waals surface area contributed by atoms with Crippen LogP contribution in [0.1, 0.15) is 32.7 Å². The number of carbonyl (C=O) groups excluding carboxylic acids is 2. The molecule has 4 rings (SSSR count). The van der Waals surface area contributed by atoms with Crippen molar-refractivity contribution in [3.8, 4) is 5.75 Å². The van der Waals surface area contributed by atoms with E-state index in [1.54, 1.807) is 24.4 Å². The number of hydrogen-bond acceptors (Lipinski definition) is 6. The summed E-state index contributed by atoms with van der Waals surface area (Å²) in [6.45, 7) is 5.83. The fraction of sp³-hybridized carbons (Fsp3) is 0.269. The Kier molecular flexibility index (Phi) is 9.14. The van der Waals surface area contributed by atoms with Crippen LogP contribution in [0.4, 0.5) is 17.2 Å². The van der Waals surface area contributed by atoms with E-state index < -0.39 is 11.8 Å². The molecular formula is C26H29Cl2N5O3. The second-order valence-electron chi connectivity index (χ2n) is 8.67. The van der Waals surface area contributed by atoms with Crippen molar-refractivity contribution in [2.45, 2.75) is 13.3 Å². The van der Waals surface area contributed by atoms with E-state index >= 15 is 0 Å². The summed E-state index contributed by atoms with van der Waals surface area (Å²) >= 11 is 6.08. The van der Waals surface area contributed by atoms with Gasteiger partial charge >= 0.3 is 0 Å². The Labute approximate surface area is 221 Å². The van der Waals surface area contributed by atoms with Crippen molar-refractivity contribution in [3.63, 3.8) is 0 Å². The number of likely N-dealkylation sites (N-methyl/N-ethyl adjacent to an activating group) is 1. The lowest BCUT2D eigenvalue weighted by Gasteiger charge is -2.23. The Balaban J connectivity index is 0.00000361. The van der Waals surface area contributed by atoms with Crippen molar-refractivity contribution in [3.05, 3.63) is 76.4 Å². The maximum absolute atomic E-state index is 13.0. The molecule has 3 aromatic rings. The van der Waals surface area contributed by atoms with E-state index in [2.05, 4.69) is 32.5 Å². The predicted molar refractivity (Wildman–Crippen MR) is 146 cm³/mol. The highest BCUT2D eigenvalue weighted by molar-refractivity contribution is 6.31. The lowest BCUT2D eigenvalue weighted by atomic mass is 10.1. The zero-order valence-corrected chi connectivity index (χ0v) is 21.7. The molecule has 0 radical (unpaired) electrons. The van der Waals surface area contributed by atoms with Crippen molar-refractivity contribution < 1.29 is 14.7 Å². The number of hydrogen-bond donors (Lipinski definition) is 3. The minimum Gasteiger partial charge on any atom is -0.506 e. The van der Waals surface area contributed by atoms with Crippen LogP contribution >= 0.6 is 24.0 Å². The number of carbonyl (C=O) groups is 2. The summed E-state index contributed by atoms with van der Waals surface area (Å²) in [4.78, 5) is 34.7. The van der Waals surface area contributed by atoms with Gasteiger partial charge in [0.15, 0.2) is 0 Å². The number of pyridine rings is 1. The number of phenols is 1. The van der Waals surface area contributed by atoms with Gasteiger partial charge < -0.3 is 25.5 Å². The van der Waals surface area contributed by atoms with Gasteiger partial charge in [-0.05, 0) is 68.9 Å². The van der Waals surface area contributed by atoms with E-state index in [0.717, 1.165) is 43.9 Å². The van der Waals surface area contributed by atoms with E-state index in [4.69, 9.17) is 11.6 Å². The lowest BCUT2D eigenvalue weighted by Crippen LogP contribution is -2.28. The molecule has 1 aliphatic rings. The quantitative estimate of drug-likeness (QED) is 0.410. The fourth-order valence-corrected chi connectivity index (χ4v) is 4.15. The summed E-state index contributed by atoms with van der Waals surface area (Å²) in [5, 5.41) is 16.0. The van der Waals surface area contributed by atoms with Crippen LogP contribution in [-0.2, 0) is 0 Å². The number of aromatic nitrogens is 1. The normalized spacial score (nSPS) is 13.9. The van der Waals surface area contributed by atoms with Gasteiger partial charge in [0.1, 0.15) is 11.6 Å². The molecule has 1 fully saturated rings. The monoisotopic (exact) mass is 529 g/mol. The molecule has 2 aromatic carbocycles. The van der Waals surface area contributed by atoms with Crippen LogP contribution in [0.2, 0.25) is 5.02 Å². The summed E-state index contributed by atoms with van der Waals surface area (Å²) in [5.41, 5.74) is 2.41. The molecule has 0 bridgehead atoms. The average molecular weight is 530 g/mol. The van der Waals surface area contributed by atoms with Crippen LogP contribution in [0.5, 0.6) is 5.75 Å². The molecular weight excluding hydrogens is 501 g/mol. The minimum absolute atomic E-state index is 0. The summed E-state index contributed by atoms with van der Waals surface area (Å²) in [6, 6.07) is 13.5. The van der Waals surface area contributed by atoms with Crippen molar-refractivity contribution >= 4 is 53.0 Å². The number of amides is 2. The van der Waals surface area contributed by atoms with Crippen molar-refractivity contribution in [1.82, 2.24) is 9.88 Å². The zero-order valence-electron chi connectivity index (χ0n) is 20.1. The van der Waals surface area contributed by atoms with Crippen LogP contribution < -0.4 is 15.5 Å². The van der Waals surface area contributed by atoms with E-state index in [9.17, 15) is 14.7 Å². The largest absolute Gasteiger partial charge is 0.506 e. The maximum Gasteiger partial charge on any atom is 0.259 e. The van der Waals surface area contributed by atoms with E-state index in [1.807, 2.05) is 25.1 Å². The SMILES string of the molecule is Cc1ccc(NC(=O)c2cc(Cl)cc(O)c2NC(=O)c2ccc(N3CCCN(C)CC3)cc2)nc1.Cl. The van der Waals surface area contributed by atoms with Gasteiger partial charge in [-0.1, -0.05) is 17.7 Å². The fourth-order valence-electron chi connectivity index (χ4n) is 3.94. The molecule has 0 saturated carbocycles. The molecule has 10 heteroatoms. The first-order chi connectivity index (χ1) is 16.8. The number of benzene rings is 2. The highest BCUT2D eigenvalue weighted by Gasteiger charge is 2.20. The number of nitrogens with zero attached hydrogens (tertiary/aromatic N) is 3. The number of aryl methyl sites for hydroxylation is 1. The summed E-state index contributed by atoms with van der Waals surface area (Å²) in [6.07, 6.45) is 2.71. The van der Waals surface area contributed by atoms with E-state index in [0.29, 0.717) is 11.4 Å². The number of halogens is 2. The topological polar surface area (TPSA) is 97.8 Å². The van der Waals surface area contributed by atoms with Gasteiger partial charge in [-0.2, -0.15) is 0 Å². The Morgan fingerprint density at radius 1 is 0.972 bits per heavy atom. The Hall–Kier alpha value is -3.33. The van der Waals surface area contributed by atoms with Gasteiger partial charge in [0.2, 0.25) is 0 Å². The van der Waals surface area contributed by atoms with E-state index in [-0.39, 0.29) is 34.4 Å². The van der Waals surface area contributed by atoms with Gasteiger partial charge in [-0.25, -0.2) is 4.98 Å². The number of rotatable bonds is 5. The zero-order chi connectivity index (χ0) is 24.9. The maximum atomic E-state index is 13.0. The van der Waals surface area contributed by atoms with Gasteiger partial charge in [0, 0.05) is 48.2 Å². The first-order valence-corrected chi connectivity index (χ1v) is 11.8. The Morgan fingerprint density at radius 2 is 1.72 bits per heavy atom. The van der Waals surface area contributed by atoms with Crippen molar-refractivity contribution in [1.29, 1.82) is 0 Å². The smallest absolute Gasteiger partial charge is 0.259 e. The van der Waals surface area contributed by atoms with Crippen molar-refractivity contribution in [2.75, 3.05) is 48.8 Å². The highest BCUT2D eigenvalue weighted by atomic mass is 35.5. The first-order valence-electron chi connectivity index (χ1n) is 11.4. The molecule has 0 unspecified atom stereocenters. The molecule has 2 heterocycles. The molecule has 3 N–H and O–H groups in total. The lowest BCUT2D eigenvalue weighted by molar-refractivity contribution is 0.102. The third kappa shape index (κ3) is 6.66. The van der Waals surface area contributed by atoms with Crippen molar-refractivity contribution in [2.24, 2.45) is 0 Å². The van der Waals surface area contributed by atoms with Crippen LogP contribution in [-0.4, -0.2) is 60.0 Å². The number of anilines is 3. The number of phenolic OH excluding ortho intramolecular Hbond substituents is 1. The molecule has 1 aromatic heterocycles. The van der Waals surface area contributed by atoms with E-state index in [1.165, 1.54) is 12.1 Å². The third-order valence-corrected chi connectivity index (χ3v) is 6.15. The average Bonchev–Trinajstić information content (AvgIpc) is 3.06. The van der Waals surface area contributed by atoms with Crippen LogP contribution in [0.3, 0.4) is 0 Å². The number of aromatic hydroxyl groups is 1. The first kappa shape index (κ1) is 27.3. The Bertz CT molecular complexity index is 1220. The molecule has 8 nitrogen and oxygen atoms in total. The Morgan fingerprint density at radius 3 is 2.42 bits per heavy atom. The number of nitrogens with one attached hydrogen (secondary N) is 2. The van der Waals surface area contributed by atoms with Gasteiger partial charge in [-0.3, -0.25) is 9.59 Å². The van der Waals surface area contributed by atoms with Crippen LogP contribution in [0.25, 0.3) is 0 Å². The minimum atomic E-state index is -0.559. The molecule has 0 aliphatic carbocycles. The summed E-state index contributed by atoms with van der Waals surface area (Å²) in [7, 11) is 2.12. The molecule has 2 amide bonds. The van der Waals surface area contributed by atoms with Gasteiger partial charge in [0.05, 0.1) is 11.3 Å². The molecule has 0 spiro atoms. The molecule has 1 saturated heterocycles. The van der Waals surface area contributed by atoms with Gasteiger partial charge in [-0.15, -0.1) is 12.4 Å². The molecule has 1 aliphatic heterocycles. The second-order valence-corrected chi connectivity index (χ2v) is 9.10.